The molecule has 0 atom stereocenters. The van der Waals surface area contributed by atoms with Gasteiger partial charge in [0.25, 0.3) is 0 Å². The highest BCUT2D eigenvalue weighted by Crippen LogP contribution is 2.22. The molecule has 0 heterocycles. The van der Waals surface area contributed by atoms with E-state index < -0.39 is 6.36 Å². The molecular weight excluding hydrogens is 500 g/mol. The molecule has 0 spiro atoms. The molecule has 158 valence electrons. The smallest absolute Gasteiger partial charge is 0.406 e. The molecule has 2 aromatic rings. The number of halogens is 4. The maximum absolute atomic E-state index is 12.1. The average molecular weight is 522 g/mol. The number of hydrogen-bond donors (Lipinski definition) is 3. The van der Waals surface area contributed by atoms with Gasteiger partial charge in [-0.25, -0.2) is 4.99 Å². The van der Waals surface area contributed by atoms with Crippen LogP contribution in [0.3, 0.4) is 0 Å². The van der Waals surface area contributed by atoms with Gasteiger partial charge in [0, 0.05) is 6.54 Å². The molecule has 0 aromatic heterocycles. The van der Waals surface area contributed by atoms with E-state index in [4.69, 9.17) is 5.73 Å². The van der Waals surface area contributed by atoms with E-state index in [-0.39, 0.29) is 54.7 Å². The summed E-state index contributed by atoms with van der Waals surface area (Å²) in [6.45, 7) is 0.636. The number of nitrogens with two attached hydrogens (primary N) is 1. The van der Waals surface area contributed by atoms with Gasteiger partial charge in [-0.05, 0) is 29.7 Å². The van der Waals surface area contributed by atoms with E-state index in [0.29, 0.717) is 12.1 Å². The molecule has 0 saturated carbocycles. The fraction of sp³-hybridized carbons (Fsp3) is 0.263. The molecule has 0 fully saturated rings. The Hall–Kier alpha value is -2.50. The predicted octanol–water partition coefficient (Wildman–Crippen LogP) is 2.97. The van der Waals surface area contributed by atoms with Crippen molar-refractivity contribution in [2.75, 3.05) is 13.1 Å². The van der Waals surface area contributed by atoms with Crippen molar-refractivity contribution in [2.45, 2.75) is 19.3 Å². The fourth-order valence-electron chi connectivity index (χ4n) is 2.25. The first-order valence-corrected chi connectivity index (χ1v) is 8.51. The van der Waals surface area contributed by atoms with E-state index in [1.54, 1.807) is 0 Å². The summed E-state index contributed by atoms with van der Waals surface area (Å²) >= 11 is 0. The van der Waals surface area contributed by atoms with Crippen molar-refractivity contribution in [2.24, 2.45) is 10.7 Å². The lowest BCUT2D eigenvalue weighted by Gasteiger charge is -2.09. The Balaban J connectivity index is 0.00000420. The Morgan fingerprint density at radius 2 is 1.66 bits per heavy atom. The standard InChI is InChI=1S/C19H21F3N4O2.HI/c20-19(21,22)28-16-8-6-15(7-9-16)12-25-18(23)26-13-17(27)24-11-10-14-4-2-1-3-5-14;/h1-9H,10-13H2,(H,24,27)(H3,23,25,26);1H. The largest absolute Gasteiger partial charge is 0.573 e. The van der Waals surface area contributed by atoms with Crippen LogP contribution in [-0.2, 0) is 17.8 Å². The van der Waals surface area contributed by atoms with Crippen molar-refractivity contribution in [1.82, 2.24) is 10.6 Å². The summed E-state index contributed by atoms with van der Waals surface area (Å²) in [7, 11) is 0. The molecule has 10 heteroatoms. The highest BCUT2D eigenvalue weighted by Gasteiger charge is 2.30. The van der Waals surface area contributed by atoms with E-state index in [1.165, 1.54) is 24.3 Å². The SMILES string of the molecule is I.NC(=NCc1ccc(OC(F)(F)F)cc1)NCC(=O)NCCc1ccccc1. The number of nitrogens with one attached hydrogen (secondary N) is 2. The maximum Gasteiger partial charge on any atom is 0.573 e. The summed E-state index contributed by atoms with van der Waals surface area (Å²) < 4.78 is 40.1. The van der Waals surface area contributed by atoms with Gasteiger partial charge in [-0.1, -0.05) is 42.5 Å². The number of alkyl halides is 3. The van der Waals surface area contributed by atoms with E-state index in [1.807, 2.05) is 30.3 Å². The quantitative estimate of drug-likeness (QED) is 0.283. The van der Waals surface area contributed by atoms with Crippen LogP contribution >= 0.6 is 24.0 Å². The Labute approximate surface area is 183 Å². The van der Waals surface area contributed by atoms with Crippen molar-refractivity contribution in [1.29, 1.82) is 0 Å². The lowest BCUT2D eigenvalue weighted by molar-refractivity contribution is -0.274. The second-order valence-electron chi connectivity index (χ2n) is 5.83. The first-order valence-electron chi connectivity index (χ1n) is 8.51. The average Bonchev–Trinajstić information content (AvgIpc) is 2.65. The Morgan fingerprint density at radius 1 is 1.00 bits per heavy atom. The van der Waals surface area contributed by atoms with Gasteiger partial charge in [-0.2, -0.15) is 0 Å². The third-order valence-corrected chi connectivity index (χ3v) is 3.60. The summed E-state index contributed by atoms with van der Waals surface area (Å²) in [6, 6.07) is 15.1. The number of benzene rings is 2. The van der Waals surface area contributed by atoms with Crippen LogP contribution in [-0.4, -0.2) is 31.3 Å². The molecular formula is C19H22F3IN4O2. The van der Waals surface area contributed by atoms with E-state index in [2.05, 4.69) is 20.4 Å². The van der Waals surface area contributed by atoms with Gasteiger partial charge < -0.3 is 21.1 Å². The number of hydrogen-bond acceptors (Lipinski definition) is 3. The molecule has 0 bridgehead atoms. The molecule has 6 nitrogen and oxygen atoms in total. The molecule has 4 N–H and O–H groups in total. The lowest BCUT2D eigenvalue weighted by Crippen LogP contribution is -2.41. The van der Waals surface area contributed by atoms with Crippen LogP contribution < -0.4 is 21.1 Å². The molecule has 2 rings (SSSR count). The first kappa shape index (κ1) is 24.5. The first-order chi connectivity index (χ1) is 13.3. The number of aliphatic imine (C=N–C) groups is 1. The summed E-state index contributed by atoms with van der Waals surface area (Å²) in [5.74, 6) is -0.463. The van der Waals surface area contributed by atoms with Crippen LogP contribution in [0.4, 0.5) is 13.2 Å². The summed E-state index contributed by atoms with van der Waals surface area (Å²) in [5.41, 5.74) is 7.46. The van der Waals surface area contributed by atoms with Gasteiger partial charge in [0.05, 0.1) is 13.1 Å². The lowest BCUT2D eigenvalue weighted by atomic mass is 10.1. The number of amides is 1. The van der Waals surface area contributed by atoms with Gasteiger partial charge >= 0.3 is 6.36 Å². The molecule has 0 aliphatic heterocycles. The van der Waals surface area contributed by atoms with Gasteiger partial charge in [-0.15, -0.1) is 37.1 Å². The van der Waals surface area contributed by atoms with Crippen LogP contribution in [0.1, 0.15) is 11.1 Å². The van der Waals surface area contributed by atoms with Crippen molar-refractivity contribution < 1.29 is 22.7 Å². The van der Waals surface area contributed by atoms with Gasteiger partial charge in [0.15, 0.2) is 5.96 Å². The number of guanidine groups is 1. The van der Waals surface area contributed by atoms with Crippen LogP contribution in [0, 0.1) is 0 Å². The third kappa shape index (κ3) is 10.6. The van der Waals surface area contributed by atoms with Crippen molar-refractivity contribution in [3.8, 4) is 5.75 Å². The normalized spacial score (nSPS) is 11.3. The second-order valence-corrected chi connectivity index (χ2v) is 5.83. The highest BCUT2D eigenvalue weighted by molar-refractivity contribution is 14.0. The Morgan fingerprint density at radius 3 is 2.28 bits per heavy atom. The van der Waals surface area contributed by atoms with E-state index in [0.717, 1.165) is 12.0 Å². The molecule has 0 aliphatic carbocycles. The zero-order valence-electron chi connectivity index (χ0n) is 15.4. The highest BCUT2D eigenvalue weighted by atomic mass is 127. The summed E-state index contributed by atoms with van der Waals surface area (Å²) in [5, 5.41) is 5.45. The van der Waals surface area contributed by atoms with Crippen LogP contribution in [0.25, 0.3) is 0 Å². The zero-order valence-corrected chi connectivity index (χ0v) is 17.7. The molecule has 29 heavy (non-hydrogen) atoms. The number of carbonyl (C=O) groups is 1. The van der Waals surface area contributed by atoms with Crippen LogP contribution in [0.5, 0.6) is 5.75 Å². The van der Waals surface area contributed by atoms with E-state index in [9.17, 15) is 18.0 Å². The second kappa shape index (κ2) is 12.1. The number of ether oxygens (including phenoxy) is 1. The summed E-state index contributed by atoms with van der Waals surface area (Å²) in [4.78, 5) is 15.8. The zero-order chi connectivity index (χ0) is 20.4. The molecule has 0 aliphatic rings. The van der Waals surface area contributed by atoms with Gasteiger partial charge in [0.2, 0.25) is 5.91 Å². The van der Waals surface area contributed by atoms with Crippen molar-refractivity contribution in [3.05, 3.63) is 65.7 Å². The minimum Gasteiger partial charge on any atom is -0.406 e. The summed E-state index contributed by atoms with van der Waals surface area (Å²) in [6.07, 6.45) is -4.00. The molecule has 0 unspecified atom stereocenters. The third-order valence-electron chi connectivity index (χ3n) is 3.60. The van der Waals surface area contributed by atoms with Gasteiger partial charge in [0.1, 0.15) is 5.75 Å². The minimum absolute atomic E-state index is 0. The minimum atomic E-state index is -4.73. The number of carbonyl (C=O) groups excluding carboxylic acids is 1. The molecule has 2 aromatic carbocycles. The van der Waals surface area contributed by atoms with Crippen LogP contribution in [0.2, 0.25) is 0 Å². The predicted molar refractivity (Wildman–Crippen MR) is 115 cm³/mol. The van der Waals surface area contributed by atoms with Crippen molar-refractivity contribution in [3.63, 3.8) is 0 Å². The molecule has 0 radical (unpaired) electrons. The maximum atomic E-state index is 12.1. The fourth-order valence-corrected chi connectivity index (χ4v) is 2.25. The molecule has 0 saturated heterocycles. The topological polar surface area (TPSA) is 88.7 Å². The molecule has 1 amide bonds. The number of nitrogens with zero attached hydrogens (tertiary/aromatic N) is 1. The van der Waals surface area contributed by atoms with Crippen LogP contribution in [0.15, 0.2) is 59.6 Å². The van der Waals surface area contributed by atoms with Gasteiger partial charge in [-0.3, -0.25) is 4.79 Å². The monoisotopic (exact) mass is 522 g/mol. The van der Waals surface area contributed by atoms with E-state index >= 15 is 0 Å². The Kier molecular flexibility index (Phi) is 10.3. The Bertz CT molecular complexity index is 784. The van der Waals surface area contributed by atoms with Crippen molar-refractivity contribution >= 4 is 35.8 Å². The number of rotatable bonds is 8.